The number of nitrogens with zero attached hydrogens (tertiary/aromatic N) is 2. The Kier molecular flexibility index (Phi) is 6.88. The van der Waals surface area contributed by atoms with Crippen molar-refractivity contribution in [1.82, 2.24) is 4.90 Å². The monoisotopic (exact) mass is 393 g/mol. The number of piperidine rings is 1. The molecule has 1 aliphatic heterocycles. The molecular weight excluding hydrogens is 362 g/mol. The number of hydrogen-bond acceptors (Lipinski definition) is 3. The molecule has 0 aliphatic carbocycles. The number of amides is 1. The standard InChI is InChI=1S/C23H31N5O/c1-16-8-9-21(11-17(16)2)27-23(25)26-13-18-5-3-6-19(12-18)14-28-10-4-7-20(15-28)22(24)29/h3,5-6,8-9,11-12,20H,4,7,10,13-15H2,1-2H3,(H2,24,29)(H3,25,26,27). The van der Waals surface area contributed by atoms with Crippen LogP contribution in [0.15, 0.2) is 47.5 Å². The van der Waals surface area contributed by atoms with Crippen molar-refractivity contribution in [2.45, 2.75) is 39.8 Å². The molecule has 5 N–H and O–H groups in total. The molecule has 1 unspecified atom stereocenters. The average Bonchev–Trinajstić information content (AvgIpc) is 2.70. The van der Waals surface area contributed by atoms with E-state index in [1.54, 1.807) is 0 Å². The Bertz CT molecular complexity index is 893. The molecule has 1 heterocycles. The molecule has 6 heteroatoms. The van der Waals surface area contributed by atoms with Gasteiger partial charge in [-0.2, -0.15) is 0 Å². The van der Waals surface area contributed by atoms with Crippen molar-refractivity contribution in [3.05, 3.63) is 64.7 Å². The number of anilines is 1. The van der Waals surface area contributed by atoms with Gasteiger partial charge in [0.1, 0.15) is 0 Å². The normalized spacial score (nSPS) is 17.9. The van der Waals surface area contributed by atoms with Crippen LogP contribution in [0.25, 0.3) is 0 Å². The number of hydrogen-bond donors (Lipinski definition) is 3. The molecule has 1 fully saturated rings. The molecule has 1 amide bonds. The average molecular weight is 394 g/mol. The van der Waals surface area contributed by atoms with Crippen molar-refractivity contribution >= 4 is 17.6 Å². The summed E-state index contributed by atoms with van der Waals surface area (Å²) in [5.41, 5.74) is 17.3. The van der Waals surface area contributed by atoms with E-state index in [0.717, 1.165) is 43.7 Å². The molecule has 0 spiro atoms. The van der Waals surface area contributed by atoms with Crippen LogP contribution in [0.1, 0.15) is 35.1 Å². The maximum atomic E-state index is 11.5. The van der Waals surface area contributed by atoms with Gasteiger partial charge in [0.2, 0.25) is 5.91 Å². The third-order valence-electron chi connectivity index (χ3n) is 5.52. The highest BCUT2D eigenvalue weighted by molar-refractivity contribution is 5.92. The number of benzene rings is 2. The van der Waals surface area contributed by atoms with Gasteiger partial charge >= 0.3 is 0 Å². The molecule has 3 rings (SSSR count). The Morgan fingerprint density at radius 3 is 2.69 bits per heavy atom. The van der Waals surface area contributed by atoms with Gasteiger partial charge in [0.15, 0.2) is 5.96 Å². The molecule has 1 atom stereocenters. The van der Waals surface area contributed by atoms with E-state index in [4.69, 9.17) is 11.5 Å². The number of carbonyl (C=O) groups is 1. The number of nitrogens with two attached hydrogens (primary N) is 2. The topological polar surface area (TPSA) is 96.7 Å². The summed E-state index contributed by atoms with van der Waals surface area (Å²) in [4.78, 5) is 18.3. The maximum Gasteiger partial charge on any atom is 0.221 e. The number of primary amides is 1. The third kappa shape index (κ3) is 6.06. The number of likely N-dealkylation sites (tertiary alicyclic amines) is 1. The molecule has 0 saturated carbocycles. The van der Waals surface area contributed by atoms with Crippen molar-refractivity contribution in [2.75, 3.05) is 18.4 Å². The third-order valence-corrected chi connectivity index (χ3v) is 5.52. The Morgan fingerprint density at radius 2 is 1.93 bits per heavy atom. The predicted octanol–water partition coefficient (Wildman–Crippen LogP) is 2.93. The second-order valence-corrected chi connectivity index (χ2v) is 7.92. The number of aryl methyl sites for hydroxylation is 2. The van der Waals surface area contributed by atoms with Crippen LogP contribution in [0.3, 0.4) is 0 Å². The molecular formula is C23H31N5O. The van der Waals surface area contributed by atoms with Crippen LogP contribution in [0.4, 0.5) is 5.69 Å². The van der Waals surface area contributed by atoms with E-state index in [1.165, 1.54) is 16.7 Å². The number of aliphatic imine (C=N–C) groups is 1. The van der Waals surface area contributed by atoms with E-state index < -0.39 is 0 Å². The second-order valence-electron chi connectivity index (χ2n) is 7.92. The lowest BCUT2D eigenvalue weighted by molar-refractivity contribution is -0.123. The molecule has 0 aromatic heterocycles. The smallest absolute Gasteiger partial charge is 0.221 e. The Morgan fingerprint density at radius 1 is 1.14 bits per heavy atom. The summed E-state index contributed by atoms with van der Waals surface area (Å²) in [5, 5.41) is 3.15. The zero-order chi connectivity index (χ0) is 20.8. The van der Waals surface area contributed by atoms with E-state index >= 15 is 0 Å². The maximum absolute atomic E-state index is 11.5. The summed E-state index contributed by atoms with van der Waals surface area (Å²) in [7, 11) is 0. The zero-order valence-electron chi connectivity index (χ0n) is 17.3. The fourth-order valence-electron chi connectivity index (χ4n) is 3.70. The van der Waals surface area contributed by atoms with Crippen molar-refractivity contribution in [3.63, 3.8) is 0 Å². The van der Waals surface area contributed by atoms with Gasteiger partial charge in [0.05, 0.1) is 12.5 Å². The predicted molar refractivity (Wildman–Crippen MR) is 119 cm³/mol. The SMILES string of the molecule is Cc1ccc(NC(N)=NCc2cccc(CN3CCCC(C(N)=O)C3)c2)cc1C. The first-order valence-corrected chi connectivity index (χ1v) is 10.1. The largest absolute Gasteiger partial charge is 0.370 e. The highest BCUT2D eigenvalue weighted by Gasteiger charge is 2.23. The van der Waals surface area contributed by atoms with Gasteiger partial charge in [-0.15, -0.1) is 0 Å². The molecule has 0 radical (unpaired) electrons. The lowest BCUT2D eigenvalue weighted by Crippen LogP contribution is -2.40. The summed E-state index contributed by atoms with van der Waals surface area (Å²) in [5.74, 6) is 0.177. The van der Waals surface area contributed by atoms with Gasteiger partial charge in [0.25, 0.3) is 0 Å². The highest BCUT2D eigenvalue weighted by Crippen LogP contribution is 2.19. The van der Waals surface area contributed by atoms with Gasteiger partial charge in [-0.05, 0) is 67.6 Å². The number of nitrogens with one attached hydrogen (secondary N) is 1. The molecule has 2 aromatic rings. The fourth-order valence-corrected chi connectivity index (χ4v) is 3.70. The molecule has 1 aliphatic rings. The minimum Gasteiger partial charge on any atom is -0.370 e. The first kappa shape index (κ1) is 20.9. The van der Waals surface area contributed by atoms with Gasteiger partial charge in [-0.1, -0.05) is 30.3 Å². The zero-order valence-corrected chi connectivity index (χ0v) is 17.3. The van der Waals surface area contributed by atoms with Gasteiger partial charge in [0, 0.05) is 18.8 Å². The first-order chi connectivity index (χ1) is 13.9. The summed E-state index contributed by atoms with van der Waals surface area (Å²) < 4.78 is 0. The minimum atomic E-state index is -0.190. The Labute approximate surface area is 173 Å². The number of carbonyl (C=O) groups excluding carboxylic acids is 1. The molecule has 6 nitrogen and oxygen atoms in total. The number of rotatable bonds is 6. The lowest BCUT2D eigenvalue weighted by Gasteiger charge is -2.31. The summed E-state index contributed by atoms with van der Waals surface area (Å²) in [6.07, 6.45) is 1.91. The molecule has 29 heavy (non-hydrogen) atoms. The van der Waals surface area contributed by atoms with Crippen molar-refractivity contribution in [1.29, 1.82) is 0 Å². The van der Waals surface area contributed by atoms with E-state index in [9.17, 15) is 4.79 Å². The number of guanidine groups is 1. The Hall–Kier alpha value is -2.86. The van der Waals surface area contributed by atoms with Crippen molar-refractivity contribution < 1.29 is 4.79 Å². The molecule has 154 valence electrons. The quantitative estimate of drug-likeness (QED) is 0.519. The van der Waals surface area contributed by atoms with Crippen LogP contribution in [0, 0.1) is 19.8 Å². The summed E-state index contributed by atoms with van der Waals surface area (Å²) in [6.45, 7) is 7.23. The molecule has 0 bridgehead atoms. The fraction of sp³-hybridized carbons (Fsp3) is 0.391. The van der Waals surface area contributed by atoms with Gasteiger partial charge in [-0.3, -0.25) is 9.69 Å². The van der Waals surface area contributed by atoms with E-state index in [1.807, 2.05) is 12.1 Å². The van der Waals surface area contributed by atoms with Crippen LogP contribution in [-0.2, 0) is 17.9 Å². The van der Waals surface area contributed by atoms with Crippen LogP contribution >= 0.6 is 0 Å². The molecule has 2 aromatic carbocycles. The summed E-state index contributed by atoms with van der Waals surface area (Å²) in [6, 6.07) is 14.5. The minimum absolute atomic E-state index is 0.0344. The van der Waals surface area contributed by atoms with E-state index in [-0.39, 0.29) is 11.8 Å². The molecule has 1 saturated heterocycles. The lowest BCUT2D eigenvalue weighted by atomic mass is 9.97. The van der Waals surface area contributed by atoms with E-state index in [0.29, 0.717) is 12.5 Å². The second kappa shape index (κ2) is 9.56. The van der Waals surface area contributed by atoms with Crippen molar-refractivity contribution in [2.24, 2.45) is 22.4 Å². The van der Waals surface area contributed by atoms with Gasteiger partial charge in [-0.25, -0.2) is 4.99 Å². The van der Waals surface area contributed by atoms with Crippen molar-refractivity contribution in [3.8, 4) is 0 Å². The van der Waals surface area contributed by atoms with Crippen LogP contribution in [-0.4, -0.2) is 29.9 Å². The highest BCUT2D eigenvalue weighted by atomic mass is 16.1. The summed E-state index contributed by atoms with van der Waals surface area (Å²) >= 11 is 0. The first-order valence-electron chi connectivity index (χ1n) is 10.1. The van der Waals surface area contributed by atoms with Gasteiger partial charge < -0.3 is 16.8 Å². The van der Waals surface area contributed by atoms with Crippen LogP contribution < -0.4 is 16.8 Å². The van der Waals surface area contributed by atoms with Crippen LogP contribution in [0.2, 0.25) is 0 Å². The Balaban J connectivity index is 1.58. The van der Waals surface area contributed by atoms with Crippen LogP contribution in [0.5, 0.6) is 0 Å². The van der Waals surface area contributed by atoms with E-state index in [2.05, 4.69) is 59.4 Å².